The minimum absolute atomic E-state index is 0.257. The predicted octanol–water partition coefficient (Wildman–Crippen LogP) is 2.48. The van der Waals surface area contributed by atoms with Crippen molar-refractivity contribution in [3.63, 3.8) is 0 Å². The summed E-state index contributed by atoms with van der Waals surface area (Å²) in [5.74, 6) is 0.698. The molecule has 3 nitrogen and oxygen atoms in total. The number of amides is 1. The highest BCUT2D eigenvalue weighted by atomic mass is 16.2. The number of hydrogen-bond donors (Lipinski definition) is 1. The van der Waals surface area contributed by atoms with Gasteiger partial charge < -0.3 is 10.2 Å². The molecule has 1 amide bonds. The molecule has 0 bridgehead atoms. The van der Waals surface area contributed by atoms with Crippen molar-refractivity contribution in [2.75, 3.05) is 18.0 Å². The molecule has 1 N–H and O–H groups in total. The molecule has 1 aliphatic carbocycles. The standard InChI is InChI=1S/C16H20N2O/c19-16(11-13-5-1-2-6-13)18-10-9-17-12-14-7-3-4-8-15(14)18/h1,3-5,7-8,13,17H,2,6,9-12H2. The highest BCUT2D eigenvalue weighted by Crippen LogP contribution is 2.26. The first-order chi connectivity index (χ1) is 9.34. The predicted molar refractivity (Wildman–Crippen MR) is 77.0 cm³/mol. The Labute approximate surface area is 114 Å². The fourth-order valence-electron chi connectivity index (χ4n) is 2.92. The first-order valence-electron chi connectivity index (χ1n) is 7.10. The van der Waals surface area contributed by atoms with Gasteiger partial charge in [-0.15, -0.1) is 0 Å². The molecule has 1 aromatic carbocycles. The summed E-state index contributed by atoms with van der Waals surface area (Å²) in [6.07, 6.45) is 7.27. The molecule has 1 atom stereocenters. The summed E-state index contributed by atoms with van der Waals surface area (Å²) in [6.45, 7) is 2.48. The molecule has 2 aliphatic rings. The first kappa shape index (κ1) is 12.4. The van der Waals surface area contributed by atoms with Crippen molar-refractivity contribution in [1.29, 1.82) is 0 Å². The van der Waals surface area contributed by atoms with Crippen molar-refractivity contribution in [3.05, 3.63) is 42.0 Å². The van der Waals surface area contributed by atoms with E-state index in [0.717, 1.165) is 38.2 Å². The molecule has 19 heavy (non-hydrogen) atoms. The van der Waals surface area contributed by atoms with Crippen molar-refractivity contribution in [2.45, 2.75) is 25.8 Å². The molecular formula is C16H20N2O. The zero-order chi connectivity index (χ0) is 13.1. The molecule has 0 fully saturated rings. The van der Waals surface area contributed by atoms with Gasteiger partial charge in [0.1, 0.15) is 0 Å². The van der Waals surface area contributed by atoms with Crippen LogP contribution in [0.3, 0.4) is 0 Å². The molecule has 1 aromatic rings. The van der Waals surface area contributed by atoms with E-state index in [4.69, 9.17) is 0 Å². The van der Waals surface area contributed by atoms with Gasteiger partial charge in [0, 0.05) is 31.7 Å². The maximum atomic E-state index is 12.5. The largest absolute Gasteiger partial charge is 0.311 e. The summed E-state index contributed by atoms with van der Waals surface area (Å²) in [5, 5.41) is 3.37. The lowest BCUT2D eigenvalue weighted by Gasteiger charge is -2.23. The molecule has 0 saturated heterocycles. The summed E-state index contributed by atoms with van der Waals surface area (Å²) < 4.78 is 0. The lowest BCUT2D eigenvalue weighted by Crippen LogP contribution is -2.35. The van der Waals surface area contributed by atoms with Gasteiger partial charge in [0.25, 0.3) is 0 Å². The van der Waals surface area contributed by atoms with Crippen LogP contribution >= 0.6 is 0 Å². The average Bonchev–Trinajstić information content (AvgIpc) is 2.83. The molecule has 1 heterocycles. The summed E-state index contributed by atoms with van der Waals surface area (Å²) >= 11 is 0. The van der Waals surface area contributed by atoms with Crippen LogP contribution in [0.15, 0.2) is 36.4 Å². The molecule has 1 aliphatic heterocycles. The van der Waals surface area contributed by atoms with Crippen molar-refractivity contribution in [3.8, 4) is 0 Å². The minimum atomic E-state index is 0.257. The van der Waals surface area contributed by atoms with E-state index in [9.17, 15) is 4.79 Å². The Kier molecular flexibility index (Phi) is 3.65. The van der Waals surface area contributed by atoms with Gasteiger partial charge in [-0.1, -0.05) is 30.4 Å². The average molecular weight is 256 g/mol. The van der Waals surface area contributed by atoms with Gasteiger partial charge in [-0.25, -0.2) is 0 Å². The van der Waals surface area contributed by atoms with Crippen LogP contribution in [-0.2, 0) is 11.3 Å². The van der Waals surface area contributed by atoms with Gasteiger partial charge in [0.05, 0.1) is 0 Å². The highest BCUT2D eigenvalue weighted by Gasteiger charge is 2.23. The van der Waals surface area contributed by atoms with E-state index in [1.54, 1.807) is 0 Å². The third-order valence-electron chi connectivity index (χ3n) is 3.96. The van der Waals surface area contributed by atoms with Crippen molar-refractivity contribution in [2.24, 2.45) is 5.92 Å². The molecule has 3 heteroatoms. The van der Waals surface area contributed by atoms with E-state index in [1.165, 1.54) is 5.56 Å². The van der Waals surface area contributed by atoms with Gasteiger partial charge in [0.2, 0.25) is 5.91 Å². The number of nitrogens with one attached hydrogen (secondary N) is 1. The van der Waals surface area contributed by atoms with E-state index in [2.05, 4.69) is 29.6 Å². The molecule has 1 unspecified atom stereocenters. The van der Waals surface area contributed by atoms with Crippen LogP contribution in [0.25, 0.3) is 0 Å². The quantitative estimate of drug-likeness (QED) is 0.824. The highest BCUT2D eigenvalue weighted by molar-refractivity contribution is 5.94. The number of allylic oxidation sites excluding steroid dienone is 2. The Bertz CT molecular complexity index is 495. The fourth-order valence-corrected chi connectivity index (χ4v) is 2.92. The number of hydrogen-bond acceptors (Lipinski definition) is 2. The van der Waals surface area contributed by atoms with E-state index in [-0.39, 0.29) is 5.91 Å². The summed E-state index contributed by atoms with van der Waals surface area (Å²) in [7, 11) is 0. The van der Waals surface area contributed by atoms with Gasteiger partial charge in [-0.05, 0) is 30.4 Å². The SMILES string of the molecule is O=C(CC1C=CCC1)N1CCNCc2ccccc21. The summed E-state index contributed by atoms with van der Waals surface area (Å²) in [6, 6.07) is 8.21. The minimum Gasteiger partial charge on any atom is -0.311 e. The van der Waals surface area contributed by atoms with Crippen LogP contribution in [0.1, 0.15) is 24.8 Å². The monoisotopic (exact) mass is 256 g/mol. The lowest BCUT2D eigenvalue weighted by molar-refractivity contribution is -0.119. The first-order valence-corrected chi connectivity index (χ1v) is 7.10. The molecule has 0 aromatic heterocycles. The Morgan fingerprint density at radius 2 is 2.26 bits per heavy atom. The maximum Gasteiger partial charge on any atom is 0.227 e. The molecule has 3 rings (SSSR count). The molecule has 0 saturated carbocycles. The Morgan fingerprint density at radius 3 is 3.11 bits per heavy atom. The van der Waals surface area contributed by atoms with Crippen LogP contribution in [0.4, 0.5) is 5.69 Å². The number of anilines is 1. The number of nitrogens with zero attached hydrogens (tertiary/aromatic N) is 1. The van der Waals surface area contributed by atoms with Gasteiger partial charge in [0.15, 0.2) is 0 Å². The van der Waals surface area contributed by atoms with E-state index in [1.807, 2.05) is 17.0 Å². The maximum absolute atomic E-state index is 12.5. The van der Waals surface area contributed by atoms with Crippen molar-refractivity contribution in [1.82, 2.24) is 5.32 Å². The second kappa shape index (κ2) is 5.57. The number of rotatable bonds is 2. The summed E-state index contributed by atoms with van der Waals surface area (Å²) in [4.78, 5) is 14.5. The van der Waals surface area contributed by atoms with Gasteiger partial charge in [-0.3, -0.25) is 4.79 Å². The number of fused-ring (bicyclic) bond motifs is 1. The van der Waals surface area contributed by atoms with E-state index >= 15 is 0 Å². The Morgan fingerprint density at radius 1 is 1.37 bits per heavy atom. The molecule has 100 valence electrons. The number of carbonyl (C=O) groups is 1. The molecule has 0 spiro atoms. The van der Waals surface area contributed by atoms with Crippen LogP contribution in [-0.4, -0.2) is 19.0 Å². The Hall–Kier alpha value is -1.61. The topological polar surface area (TPSA) is 32.3 Å². The smallest absolute Gasteiger partial charge is 0.227 e. The van der Waals surface area contributed by atoms with Crippen molar-refractivity contribution >= 4 is 11.6 Å². The van der Waals surface area contributed by atoms with E-state index in [0.29, 0.717) is 12.3 Å². The van der Waals surface area contributed by atoms with Crippen LogP contribution in [0.5, 0.6) is 0 Å². The number of para-hydroxylation sites is 1. The summed E-state index contributed by atoms with van der Waals surface area (Å²) in [5.41, 5.74) is 2.30. The van der Waals surface area contributed by atoms with Crippen LogP contribution in [0.2, 0.25) is 0 Å². The number of carbonyl (C=O) groups excluding carboxylic acids is 1. The Balaban J connectivity index is 1.79. The third kappa shape index (κ3) is 2.71. The third-order valence-corrected chi connectivity index (χ3v) is 3.96. The lowest BCUT2D eigenvalue weighted by atomic mass is 10.0. The van der Waals surface area contributed by atoms with Crippen LogP contribution < -0.4 is 10.2 Å². The second-order valence-corrected chi connectivity index (χ2v) is 5.32. The second-order valence-electron chi connectivity index (χ2n) is 5.32. The zero-order valence-electron chi connectivity index (χ0n) is 11.1. The van der Waals surface area contributed by atoms with Crippen LogP contribution in [0, 0.1) is 5.92 Å². The van der Waals surface area contributed by atoms with E-state index < -0.39 is 0 Å². The van der Waals surface area contributed by atoms with Crippen molar-refractivity contribution < 1.29 is 4.79 Å². The van der Waals surface area contributed by atoms with Gasteiger partial charge in [-0.2, -0.15) is 0 Å². The molecular weight excluding hydrogens is 236 g/mol. The van der Waals surface area contributed by atoms with Gasteiger partial charge >= 0.3 is 0 Å². The zero-order valence-corrected chi connectivity index (χ0v) is 11.1. The normalized spacial score (nSPS) is 22.1. The molecule has 0 radical (unpaired) electrons. The number of benzene rings is 1. The fraction of sp³-hybridized carbons (Fsp3) is 0.438.